The minimum Gasteiger partial charge on any atom is -0.389 e. The zero-order chi connectivity index (χ0) is 13.8. The van der Waals surface area contributed by atoms with Crippen LogP contribution in [0.4, 0.5) is 5.69 Å². The van der Waals surface area contributed by atoms with Crippen molar-refractivity contribution < 1.29 is 4.79 Å². The minimum absolute atomic E-state index is 0.0432. The summed E-state index contributed by atoms with van der Waals surface area (Å²) in [7, 11) is 0. The molecule has 1 saturated carbocycles. The van der Waals surface area contributed by atoms with E-state index in [2.05, 4.69) is 5.32 Å². The molecular formula is C14H17ClN2OS. The van der Waals surface area contributed by atoms with Gasteiger partial charge in [-0.05, 0) is 25.0 Å². The Morgan fingerprint density at radius 2 is 2.00 bits per heavy atom. The molecule has 0 spiro atoms. The van der Waals surface area contributed by atoms with E-state index < -0.39 is 0 Å². The quantitative estimate of drug-likeness (QED) is 0.840. The molecule has 0 aromatic heterocycles. The number of nitrogens with one attached hydrogen (secondary N) is 1. The summed E-state index contributed by atoms with van der Waals surface area (Å²) >= 11 is 11.0. The monoisotopic (exact) mass is 296 g/mol. The van der Waals surface area contributed by atoms with E-state index in [9.17, 15) is 4.79 Å². The first kappa shape index (κ1) is 14.3. The third-order valence-electron chi connectivity index (χ3n) is 3.48. The van der Waals surface area contributed by atoms with Crippen molar-refractivity contribution in [3.8, 4) is 0 Å². The Bertz CT molecular complexity index is 498. The second kappa shape index (κ2) is 6.35. The third kappa shape index (κ3) is 3.67. The number of hydrogen-bond acceptors (Lipinski definition) is 2. The van der Waals surface area contributed by atoms with Crippen molar-refractivity contribution in [2.45, 2.75) is 32.1 Å². The molecule has 102 valence electrons. The van der Waals surface area contributed by atoms with Crippen LogP contribution in [-0.4, -0.2) is 10.9 Å². The molecule has 0 aliphatic heterocycles. The van der Waals surface area contributed by atoms with Gasteiger partial charge in [0.05, 0.1) is 10.7 Å². The van der Waals surface area contributed by atoms with Gasteiger partial charge in [0.25, 0.3) is 0 Å². The zero-order valence-corrected chi connectivity index (χ0v) is 12.2. The summed E-state index contributed by atoms with van der Waals surface area (Å²) in [6, 6.07) is 5.18. The summed E-state index contributed by atoms with van der Waals surface area (Å²) in [5, 5.41) is 3.39. The number of anilines is 1. The highest BCUT2D eigenvalue weighted by Crippen LogP contribution is 2.27. The molecule has 0 radical (unpaired) electrons. The van der Waals surface area contributed by atoms with Crippen molar-refractivity contribution in [1.82, 2.24) is 0 Å². The molecule has 2 rings (SSSR count). The smallest absolute Gasteiger partial charge is 0.227 e. The second-order valence-electron chi connectivity index (χ2n) is 4.88. The minimum atomic E-state index is 0.0432. The van der Waals surface area contributed by atoms with Gasteiger partial charge in [-0.1, -0.05) is 49.1 Å². The summed E-state index contributed by atoms with van der Waals surface area (Å²) in [5.41, 5.74) is 6.87. The van der Waals surface area contributed by atoms with Crippen LogP contribution in [0.2, 0.25) is 5.02 Å². The van der Waals surface area contributed by atoms with E-state index in [1.807, 2.05) is 0 Å². The van der Waals surface area contributed by atoms with Crippen molar-refractivity contribution in [1.29, 1.82) is 0 Å². The molecule has 0 saturated heterocycles. The van der Waals surface area contributed by atoms with Gasteiger partial charge in [-0.25, -0.2) is 0 Å². The van der Waals surface area contributed by atoms with E-state index in [1.54, 1.807) is 18.2 Å². The fraction of sp³-hybridized carbons (Fsp3) is 0.429. The first-order valence-corrected chi connectivity index (χ1v) is 7.27. The molecule has 0 unspecified atom stereocenters. The average Bonchev–Trinajstić information content (AvgIpc) is 2.42. The maximum absolute atomic E-state index is 12.2. The molecule has 1 aliphatic rings. The maximum atomic E-state index is 12.2. The molecular weight excluding hydrogens is 280 g/mol. The molecule has 3 nitrogen and oxygen atoms in total. The maximum Gasteiger partial charge on any atom is 0.227 e. The van der Waals surface area contributed by atoms with Gasteiger partial charge >= 0.3 is 0 Å². The van der Waals surface area contributed by atoms with Crippen LogP contribution >= 0.6 is 23.8 Å². The molecule has 0 atom stereocenters. The van der Waals surface area contributed by atoms with Gasteiger partial charge < -0.3 is 11.1 Å². The van der Waals surface area contributed by atoms with E-state index in [-0.39, 0.29) is 11.8 Å². The fourth-order valence-corrected chi connectivity index (χ4v) is 2.67. The first-order valence-electron chi connectivity index (χ1n) is 6.48. The van der Waals surface area contributed by atoms with Crippen LogP contribution in [0.15, 0.2) is 18.2 Å². The molecule has 1 fully saturated rings. The third-order valence-corrected chi connectivity index (χ3v) is 4.05. The lowest BCUT2D eigenvalue weighted by Crippen LogP contribution is -2.25. The summed E-state index contributed by atoms with van der Waals surface area (Å²) < 4.78 is 0. The molecule has 1 aromatic carbocycles. The lowest BCUT2D eigenvalue weighted by Gasteiger charge is -2.21. The lowest BCUT2D eigenvalue weighted by molar-refractivity contribution is -0.120. The Labute approximate surface area is 123 Å². The molecule has 1 amide bonds. The van der Waals surface area contributed by atoms with Gasteiger partial charge in [0.1, 0.15) is 4.99 Å². The van der Waals surface area contributed by atoms with Crippen molar-refractivity contribution in [3.63, 3.8) is 0 Å². The Kier molecular flexibility index (Phi) is 4.77. The summed E-state index contributed by atoms with van der Waals surface area (Å²) in [6.07, 6.45) is 5.38. The lowest BCUT2D eigenvalue weighted by atomic mass is 9.88. The van der Waals surface area contributed by atoms with Gasteiger partial charge in [0.15, 0.2) is 0 Å². The Balaban J connectivity index is 2.11. The number of carbonyl (C=O) groups excluding carboxylic acids is 1. The predicted molar refractivity (Wildman–Crippen MR) is 82.5 cm³/mol. The molecule has 0 heterocycles. The summed E-state index contributed by atoms with van der Waals surface area (Å²) in [4.78, 5) is 12.5. The highest BCUT2D eigenvalue weighted by atomic mass is 35.5. The average molecular weight is 297 g/mol. The number of carbonyl (C=O) groups is 1. The van der Waals surface area contributed by atoms with Crippen LogP contribution < -0.4 is 11.1 Å². The number of rotatable bonds is 3. The van der Waals surface area contributed by atoms with Crippen molar-refractivity contribution in [2.24, 2.45) is 11.7 Å². The number of thiocarbonyl (C=S) groups is 1. The highest BCUT2D eigenvalue weighted by molar-refractivity contribution is 7.80. The Morgan fingerprint density at radius 3 is 2.63 bits per heavy atom. The molecule has 5 heteroatoms. The summed E-state index contributed by atoms with van der Waals surface area (Å²) in [5.74, 6) is 0.139. The first-order chi connectivity index (χ1) is 9.08. The van der Waals surface area contributed by atoms with Gasteiger partial charge in [-0.15, -0.1) is 0 Å². The van der Waals surface area contributed by atoms with E-state index in [4.69, 9.17) is 29.6 Å². The normalized spacial score (nSPS) is 16.1. The van der Waals surface area contributed by atoms with E-state index in [0.717, 1.165) is 25.7 Å². The van der Waals surface area contributed by atoms with Crippen molar-refractivity contribution >= 4 is 40.4 Å². The van der Waals surface area contributed by atoms with Crippen LogP contribution in [0, 0.1) is 5.92 Å². The zero-order valence-electron chi connectivity index (χ0n) is 10.6. The second-order valence-corrected chi connectivity index (χ2v) is 5.73. The van der Waals surface area contributed by atoms with E-state index >= 15 is 0 Å². The molecule has 1 aliphatic carbocycles. The SMILES string of the molecule is NC(=S)c1ccc(Cl)c(NC(=O)C2CCCCC2)c1. The van der Waals surface area contributed by atoms with Gasteiger partial charge in [-0.3, -0.25) is 4.79 Å². The number of amides is 1. The van der Waals surface area contributed by atoms with E-state index in [1.165, 1.54) is 6.42 Å². The fourth-order valence-electron chi connectivity index (χ4n) is 2.37. The van der Waals surface area contributed by atoms with Crippen LogP contribution in [-0.2, 0) is 4.79 Å². The predicted octanol–water partition coefficient (Wildman–Crippen LogP) is 3.49. The number of nitrogens with two attached hydrogens (primary N) is 1. The largest absolute Gasteiger partial charge is 0.389 e. The van der Waals surface area contributed by atoms with Crippen molar-refractivity contribution in [3.05, 3.63) is 28.8 Å². The number of hydrogen-bond donors (Lipinski definition) is 2. The van der Waals surface area contributed by atoms with Crippen LogP contribution in [0.3, 0.4) is 0 Å². The Hall–Kier alpha value is -1.13. The molecule has 3 N–H and O–H groups in total. The number of benzene rings is 1. The van der Waals surface area contributed by atoms with Gasteiger partial charge in [-0.2, -0.15) is 0 Å². The van der Waals surface area contributed by atoms with Crippen LogP contribution in [0.1, 0.15) is 37.7 Å². The van der Waals surface area contributed by atoms with E-state index in [0.29, 0.717) is 21.3 Å². The molecule has 1 aromatic rings. The van der Waals surface area contributed by atoms with Gasteiger partial charge in [0, 0.05) is 11.5 Å². The summed E-state index contributed by atoms with van der Waals surface area (Å²) in [6.45, 7) is 0. The topological polar surface area (TPSA) is 55.1 Å². The molecule has 0 bridgehead atoms. The van der Waals surface area contributed by atoms with Crippen LogP contribution in [0.5, 0.6) is 0 Å². The Morgan fingerprint density at radius 1 is 1.32 bits per heavy atom. The molecule has 19 heavy (non-hydrogen) atoms. The van der Waals surface area contributed by atoms with Crippen LogP contribution in [0.25, 0.3) is 0 Å². The number of halogens is 1. The highest BCUT2D eigenvalue weighted by Gasteiger charge is 2.21. The van der Waals surface area contributed by atoms with Gasteiger partial charge in [0.2, 0.25) is 5.91 Å². The van der Waals surface area contributed by atoms with Crippen molar-refractivity contribution in [2.75, 3.05) is 5.32 Å². The standard InChI is InChI=1S/C14H17ClN2OS/c15-11-7-6-10(13(16)19)8-12(11)17-14(18)9-4-2-1-3-5-9/h6-9H,1-5H2,(H2,16,19)(H,17,18).